The zero-order chi connectivity index (χ0) is 12.3. The van der Waals surface area contributed by atoms with Gasteiger partial charge in [0.15, 0.2) is 0 Å². The molecule has 0 unspecified atom stereocenters. The molecule has 0 saturated heterocycles. The molecule has 1 N–H and O–H groups in total. The smallest absolute Gasteiger partial charge is 0.309 e. The van der Waals surface area contributed by atoms with E-state index in [0.29, 0.717) is 18.7 Å². The molecule has 0 fully saturated rings. The third-order valence-electron chi connectivity index (χ3n) is 2.26. The van der Waals surface area contributed by atoms with Gasteiger partial charge in [0.2, 0.25) is 0 Å². The van der Waals surface area contributed by atoms with E-state index in [2.05, 4.69) is 22.4 Å². The predicted octanol–water partition coefficient (Wildman–Crippen LogP) is 2.41. The molecule has 1 aromatic carbocycles. The van der Waals surface area contributed by atoms with Crippen LogP contribution < -0.4 is 5.43 Å². The summed E-state index contributed by atoms with van der Waals surface area (Å²) in [6, 6.07) is 5.27. The van der Waals surface area contributed by atoms with E-state index in [1.165, 1.54) is 18.2 Å². The Bertz CT molecular complexity index is 506. The number of alkyl halides is 3. The van der Waals surface area contributed by atoms with Crippen molar-refractivity contribution in [2.45, 2.75) is 12.6 Å². The van der Waals surface area contributed by atoms with Crippen LogP contribution in [0.25, 0.3) is 0 Å². The summed E-state index contributed by atoms with van der Waals surface area (Å²) in [5, 5.41) is 3.85. The first-order valence-corrected chi connectivity index (χ1v) is 5.05. The Kier molecular flexibility index (Phi) is 3.05. The van der Waals surface area contributed by atoms with E-state index < -0.39 is 11.7 Å². The van der Waals surface area contributed by atoms with Crippen LogP contribution in [0.3, 0.4) is 0 Å². The molecular weight excluding hydrogens is 229 g/mol. The number of hydrogen-bond donors (Lipinski definition) is 1. The van der Waals surface area contributed by atoms with Gasteiger partial charge in [-0.3, -0.25) is 0 Å². The molecule has 1 heterocycles. The molecule has 0 amide bonds. The van der Waals surface area contributed by atoms with Crippen LogP contribution in [0.4, 0.5) is 13.2 Å². The van der Waals surface area contributed by atoms with Gasteiger partial charge in [0, 0.05) is 18.5 Å². The van der Waals surface area contributed by atoms with Crippen molar-refractivity contribution in [1.82, 2.24) is 5.43 Å². The summed E-state index contributed by atoms with van der Waals surface area (Å²) in [4.78, 5) is 0. The molecule has 1 aliphatic rings. The first kappa shape index (κ1) is 11.5. The maximum absolute atomic E-state index is 12.6. The summed E-state index contributed by atoms with van der Waals surface area (Å²) >= 11 is 0. The number of hydrazone groups is 1. The van der Waals surface area contributed by atoms with Gasteiger partial charge < -0.3 is 5.43 Å². The summed E-state index contributed by atoms with van der Waals surface area (Å²) in [5.74, 6) is 5.17. The topological polar surface area (TPSA) is 24.4 Å². The van der Waals surface area contributed by atoms with Crippen LogP contribution in [0, 0.1) is 11.8 Å². The van der Waals surface area contributed by atoms with Crippen LogP contribution in [0.15, 0.2) is 29.4 Å². The molecule has 88 valence electrons. The Hall–Kier alpha value is -1.96. The minimum absolute atomic E-state index is 0.0189. The van der Waals surface area contributed by atoms with Crippen LogP contribution in [0.2, 0.25) is 0 Å². The Morgan fingerprint density at radius 2 is 1.94 bits per heavy atom. The first-order chi connectivity index (χ1) is 8.07. The highest BCUT2D eigenvalue weighted by Gasteiger charge is 2.32. The molecule has 2 nitrogen and oxygen atoms in total. The van der Waals surface area contributed by atoms with Gasteiger partial charge in [-0.1, -0.05) is 18.1 Å². The van der Waals surface area contributed by atoms with Crippen molar-refractivity contribution in [3.63, 3.8) is 0 Å². The SMILES string of the molecule is FC(F)(F)c1ccccc1C#CC1=NNCC1. The Morgan fingerprint density at radius 3 is 2.59 bits per heavy atom. The molecule has 0 radical (unpaired) electrons. The molecule has 0 aromatic heterocycles. The van der Waals surface area contributed by atoms with Crippen molar-refractivity contribution in [2.75, 3.05) is 6.54 Å². The monoisotopic (exact) mass is 238 g/mol. The lowest BCUT2D eigenvalue weighted by Gasteiger charge is -2.07. The molecule has 1 aromatic rings. The summed E-state index contributed by atoms with van der Waals surface area (Å²) in [6.07, 6.45) is -3.72. The van der Waals surface area contributed by atoms with Crippen molar-refractivity contribution < 1.29 is 13.2 Å². The van der Waals surface area contributed by atoms with Gasteiger partial charge in [-0.2, -0.15) is 18.3 Å². The van der Waals surface area contributed by atoms with E-state index in [0.717, 1.165) is 6.07 Å². The highest BCUT2D eigenvalue weighted by molar-refractivity contribution is 6.01. The highest BCUT2D eigenvalue weighted by atomic mass is 19.4. The average molecular weight is 238 g/mol. The van der Waals surface area contributed by atoms with Crippen molar-refractivity contribution >= 4 is 5.71 Å². The predicted molar refractivity (Wildman–Crippen MR) is 58.4 cm³/mol. The minimum Gasteiger partial charge on any atom is -0.309 e. The summed E-state index contributed by atoms with van der Waals surface area (Å²) in [5.41, 5.74) is 2.57. The normalized spacial score (nSPS) is 14.6. The molecule has 5 heteroatoms. The lowest BCUT2D eigenvalue weighted by atomic mass is 10.1. The zero-order valence-corrected chi connectivity index (χ0v) is 8.80. The van der Waals surface area contributed by atoms with E-state index in [4.69, 9.17) is 0 Å². The second-order valence-electron chi connectivity index (χ2n) is 3.51. The van der Waals surface area contributed by atoms with Crippen LogP contribution >= 0.6 is 0 Å². The molecule has 0 bridgehead atoms. The molecule has 0 spiro atoms. The van der Waals surface area contributed by atoms with E-state index in [9.17, 15) is 13.2 Å². The zero-order valence-electron chi connectivity index (χ0n) is 8.80. The van der Waals surface area contributed by atoms with Gasteiger partial charge >= 0.3 is 6.18 Å². The second-order valence-corrected chi connectivity index (χ2v) is 3.51. The number of nitrogens with one attached hydrogen (secondary N) is 1. The van der Waals surface area contributed by atoms with Crippen LogP contribution in [0.5, 0.6) is 0 Å². The molecule has 1 aliphatic heterocycles. The van der Waals surface area contributed by atoms with Crippen LogP contribution in [-0.2, 0) is 6.18 Å². The van der Waals surface area contributed by atoms with E-state index in [1.54, 1.807) is 0 Å². The number of halogens is 3. The maximum Gasteiger partial charge on any atom is 0.417 e. The Labute approximate surface area is 96.5 Å². The van der Waals surface area contributed by atoms with E-state index in [1.807, 2.05) is 0 Å². The second kappa shape index (κ2) is 4.50. The third kappa shape index (κ3) is 2.78. The van der Waals surface area contributed by atoms with Crippen LogP contribution in [0.1, 0.15) is 17.5 Å². The molecule has 0 saturated carbocycles. The molecule has 2 rings (SSSR count). The standard InChI is InChI=1S/C12H9F3N2/c13-12(14,15)11-4-2-1-3-9(11)5-6-10-7-8-16-17-10/h1-4,16H,7-8H2. The van der Waals surface area contributed by atoms with E-state index in [-0.39, 0.29) is 5.56 Å². The quantitative estimate of drug-likeness (QED) is 0.689. The van der Waals surface area contributed by atoms with Gasteiger partial charge in [-0.15, -0.1) is 0 Å². The van der Waals surface area contributed by atoms with Crippen molar-refractivity contribution in [2.24, 2.45) is 5.10 Å². The van der Waals surface area contributed by atoms with Crippen molar-refractivity contribution in [3.05, 3.63) is 35.4 Å². The first-order valence-electron chi connectivity index (χ1n) is 5.05. The number of nitrogens with zero attached hydrogens (tertiary/aromatic N) is 1. The van der Waals surface area contributed by atoms with Crippen molar-refractivity contribution in [1.29, 1.82) is 0 Å². The number of hydrogen-bond acceptors (Lipinski definition) is 2. The molecular formula is C12H9F3N2. The van der Waals surface area contributed by atoms with Crippen molar-refractivity contribution in [3.8, 4) is 11.8 Å². The highest BCUT2D eigenvalue weighted by Crippen LogP contribution is 2.31. The summed E-state index contributed by atoms with van der Waals surface area (Å²) < 4.78 is 37.9. The lowest BCUT2D eigenvalue weighted by molar-refractivity contribution is -0.137. The largest absolute Gasteiger partial charge is 0.417 e. The molecule has 0 atom stereocenters. The Balaban J connectivity index is 2.32. The van der Waals surface area contributed by atoms with Gasteiger partial charge in [0.25, 0.3) is 0 Å². The maximum atomic E-state index is 12.6. The average Bonchev–Trinajstić information content (AvgIpc) is 2.78. The van der Waals surface area contributed by atoms with Gasteiger partial charge in [-0.25, -0.2) is 0 Å². The minimum atomic E-state index is -4.37. The Morgan fingerprint density at radius 1 is 1.18 bits per heavy atom. The molecule has 17 heavy (non-hydrogen) atoms. The third-order valence-corrected chi connectivity index (χ3v) is 2.26. The lowest BCUT2D eigenvalue weighted by Crippen LogP contribution is -2.07. The fraction of sp³-hybridized carbons (Fsp3) is 0.250. The van der Waals surface area contributed by atoms with Gasteiger partial charge in [0.05, 0.1) is 5.56 Å². The van der Waals surface area contributed by atoms with Gasteiger partial charge in [-0.05, 0) is 18.1 Å². The summed E-state index contributed by atoms with van der Waals surface area (Å²) in [6.45, 7) is 0.685. The summed E-state index contributed by atoms with van der Waals surface area (Å²) in [7, 11) is 0. The fourth-order valence-corrected chi connectivity index (χ4v) is 1.45. The molecule has 0 aliphatic carbocycles. The number of rotatable bonds is 0. The fourth-order valence-electron chi connectivity index (χ4n) is 1.45. The van der Waals surface area contributed by atoms with Crippen LogP contribution in [-0.4, -0.2) is 12.3 Å². The van der Waals surface area contributed by atoms with E-state index >= 15 is 0 Å². The number of benzene rings is 1. The van der Waals surface area contributed by atoms with Gasteiger partial charge in [0.1, 0.15) is 5.71 Å².